The minimum Gasteiger partial charge on any atom is -0.449 e. The van der Waals surface area contributed by atoms with E-state index >= 15 is 0 Å². The molecule has 0 saturated carbocycles. The molecular weight excluding hydrogens is 536 g/mol. The van der Waals surface area contributed by atoms with Crippen LogP contribution in [0.2, 0.25) is 5.15 Å². The molecule has 5 rings (SSSR count). The topological polar surface area (TPSA) is 88.0 Å². The van der Waals surface area contributed by atoms with E-state index in [2.05, 4.69) is 44.0 Å². The summed E-state index contributed by atoms with van der Waals surface area (Å²) in [5.41, 5.74) is 0.790. The molecule has 0 spiro atoms. The molecule has 0 bridgehead atoms. The summed E-state index contributed by atoms with van der Waals surface area (Å²) in [5, 5.41) is 12.2. The van der Waals surface area contributed by atoms with Gasteiger partial charge in [-0.2, -0.15) is 4.98 Å². The zero-order valence-electron chi connectivity index (χ0n) is 22.4. The van der Waals surface area contributed by atoms with Gasteiger partial charge < -0.3 is 19.5 Å². The highest BCUT2D eigenvalue weighted by atomic mass is 35.5. The van der Waals surface area contributed by atoms with Crippen LogP contribution in [0.1, 0.15) is 38.9 Å². The van der Waals surface area contributed by atoms with Crippen LogP contribution in [0.4, 0.5) is 16.6 Å². The number of rotatable bonds is 6. The molecule has 8 nitrogen and oxygen atoms in total. The van der Waals surface area contributed by atoms with Gasteiger partial charge in [0, 0.05) is 31.1 Å². The van der Waals surface area contributed by atoms with E-state index in [-0.39, 0.29) is 27.4 Å². The van der Waals surface area contributed by atoms with Gasteiger partial charge in [-0.15, -0.1) is 0 Å². The van der Waals surface area contributed by atoms with Crippen LogP contribution in [0, 0.1) is 0 Å². The Balaban J connectivity index is 1.54. The molecule has 3 atom stereocenters. The fourth-order valence-corrected chi connectivity index (χ4v) is 7.93. The van der Waals surface area contributed by atoms with Crippen LogP contribution in [0.3, 0.4) is 0 Å². The average Bonchev–Trinajstić information content (AvgIpc) is 2.93. The van der Waals surface area contributed by atoms with Gasteiger partial charge >= 0.3 is 6.09 Å². The number of cyclic esters (lactones) is 1. The Morgan fingerprint density at radius 1 is 1.03 bits per heavy atom. The summed E-state index contributed by atoms with van der Waals surface area (Å²) in [4.78, 5) is 27.9. The van der Waals surface area contributed by atoms with E-state index in [0.717, 1.165) is 10.5 Å². The number of halogens is 1. The SMILES string of the molecule is CC(C)(C)[S+](c1ccccc1)c1ccccc1C(O)[C@@H]1CCOC(=O)N1c1cc(Cl)nc(N2CCOCC2)n1. The number of nitrogens with zero attached hydrogens (tertiary/aromatic N) is 4. The maximum absolute atomic E-state index is 13.2. The van der Waals surface area contributed by atoms with Crippen LogP contribution in [0.25, 0.3) is 0 Å². The molecule has 1 aromatic heterocycles. The molecule has 0 aliphatic carbocycles. The number of carbonyl (C=O) groups excluding carboxylic acids is 1. The average molecular weight is 570 g/mol. The zero-order valence-corrected chi connectivity index (χ0v) is 24.0. The number of aliphatic hydroxyl groups excluding tert-OH is 1. The number of aromatic nitrogens is 2. The van der Waals surface area contributed by atoms with Crippen molar-refractivity contribution in [2.75, 3.05) is 42.7 Å². The molecule has 206 valence electrons. The number of anilines is 2. The van der Waals surface area contributed by atoms with Crippen molar-refractivity contribution in [3.63, 3.8) is 0 Å². The molecule has 2 unspecified atom stereocenters. The number of hydrogen-bond donors (Lipinski definition) is 1. The van der Waals surface area contributed by atoms with Crippen molar-refractivity contribution in [3.8, 4) is 0 Å². The standard InChI is InChI=1S/C29H34ClN4O4S/c1-29(2,3)39(20-9-5-4-6-10-20)23-12-8-7-11-21(23)26(35)22-13-16-38-28(36)34(22)25-19-24(30)31-27(32-25)33-14-17-37-18-15-33/h4-12,19,22,26,35H,13-18H2,1-3H3/q+1/t22-,26?,39?/m0/s1. The highest BCUT2D eigenvalue weighted by molar-refractivity contribution is 7.98. The van der Waals surface area contributed by atoms with E-state index in [1.165, 1.54) is 9.80 Å². The molecule has 0 radical (unpaired) electrons. The number of morpholine rings is 1. The lowest BCUT2D eigenvalue weighted by atomic mass is 9.97. The molecular formula is C29H34ClN4O4S+. The molecule has 10 heteroatoms. The Morgan fingerprint density at radius 2 is 1.72 bits per heavy atom. The largest absolute Gasteiger partial charge is 0.449 e. The normalized spacial score (nSPS) is 19.9. The predicted octanol–water partition coefficient (Wildman–Crippen LogP) is 5.25. The van der Waals surface area contributed by atoms with Gasteiger partial charge in [0.15, 0.2) is 9.79 Å². The van der Waals surface area contributed by atoms with E-state index in [9.17, 15) is 9.90 Å². The van der Waals surface area contributed by atoms with Crippen LogP contribution < -0.4 is 9.80 Å². The van der Waals surface area contributed by atoms with Gasteiger partial charge in [-0.3, -0.25) is 4.90 Å². The Kier molecular flexibility index (Phi) is 8.32. The van der Waals surface area contributed by atoms with Gasteiger partial charge in [-0.1, -0.05) is 48.0 Å². The molecule has 2 aliphatic rings. The van der Waals surface area contributed by atoms with Gasteiger partial charge in [0.05, 0.1) is 36.8 Å². The molecule has 2 saturated heterocycles. The number of hydrogen-bond acceptors (Lipinski definition) is 7. The molecule has 3 aromatic rings. The van der Waals surface area contributed by atoms with Gasteiger partial charge in [-0.25, -0.2) is 9.78 Å². The third kappa shape index (κ3) is 6.01. The van der Waals surface area contributed by atoms with Crippen molar-refractivity contribution in [3.05, 3.63) is 71.4 Å². The van der Waals surface area contributed by atoms with Crippen molar-refractivity contribution >= 4 is 40.4 Å². The summed E-state index contributed by atoms with van der Waals surface area (Å²) in [6.07, 6.45) is -1.11. The number of benzene rings is 2. The van der Waals surface area contributed by atoms with Crippen LogP contribution in [0.15, 0.2) is 70.5 Å². The summed E-state index contributed by atoms with van der Waals surface area (Å²) in [7, 11) is -0.340. The van der Waals surface area contributed by atoms with Crippen molar-refractivity contribution in [2.24, 2.45) is 0 Å². The lowest BCUT2D eigenvalue weighted by Gasteiger charge is -2.37. The summed E-state index contributed by atoms with van der Waals surface area (Å²) < 4.78 is 10.8. The molecule has 39 heavy (non-hydrogen) atoms. The van der Waals surface area contributed by atoms with Crippen molar-refractivity contribution in [1.29, 1.82) is 0 Å². The summed E-state index contributed by atoms with van der Waals surface area (Å²) in [6, 6.07) is 19.3. The zero-order chi connectivity index (χ0) is 27.6. The van der Waals surface area contributed by atoms with E-state index in [1.54, 1.807) is 6.07 Å². The third-order valence-corrected chi connectivity index (χ3v) is 9.76. The second-order valence-corrected chi connectivity index (χ2v) is 13.6. The van der Waals surface area contributed by atoms with Crippen molar-refractivity contribution < 1.29 is 19.4 Å². The lowest BCUT2D eigenvalue weighted by molar-refractivity contribution is 0.0796. The minimum atomic E-state index is -0.976. The highest BCUT2D eigenvalue weighted by Crippen LogP contribution is 2.40. The maximum Gasteiger partial charge on any atom is 0.415 e. The van der Waals surface area contributed by atoms with Crippen molar-refractivity contribution in [1.82, 2.24) is 9.97 Å². The van der Waals surface area contributed by atoms with E-state index in [4.69, 9.17) is 26.1 Å². The van der Waals surface area contributed by atoms with E-state index in [0.29, 0.717) is 44.5 Å². The maximum atomic E-state index is 13.2. The van der Waals surface area contributed by atoms with Crippen LogP contribution in [-0.2, 0) is 20.4 Å². The Morgan fingerprint density at radius 3 is 2.44 bits per heavy atom. The molecule has 2 aliphatic heterocycles. The van der Waals surface area contributed by atoms with Gasteiger partial charge in [0.25, 0.3) is 0 Å². The van der Waals surface area contributed by atoms with E-state index in [1.807, 2.05) is 41.3 Å². The first-order valence-electron chi connectivity index (χ1n) is 13.1. The summed E-state index contributed by atoms with van der Waals surface area (Å²) in [5.74, 6) is 0.728. The monoisotopic (exact) mass is 569 g/mol. The fraction of sp³-hybridized carbons (Fsp3) is 0.414. The minimum absolute atomic E-state index is 0.102. The highest BCUT2D eigenvalue weighted by Gasteiger charge is 2.44. The number of ether oxygens (including phenoxy) is 2. The summed E-state index contributed by atoms with van der Waals surface area (Å²) >= 11 is 6.42. The van der Waals surface area contributed by atoms with Crippen molar-refractivity contribution in [2.45, 2.75) is 53.9 Å². The first-order valence-corrected chi connectivity index (χ1v) is 14.7. The van der Waals surface area contributed by atoms with Crippen LogP contribution >= 0.6 is 11.6 Å². The lowest BCUT2D eigenvalue weighted by Crippen LogP contribution is -2.49. The first-order chi connectivity index (χ1) is 18.7. The Labute approximate surface area is 237 Å². The Hall–Kier alpha value is -2.85. The quantitative estimate of drug-likeness (QED) is 0.320. The van der Waals surface area contributed by atoms with Crippen LogP contribution in [-0.4, -0.2) is 64.9 Å². The second-order valence-electron chi connectivity index (χ2n) is 10.5. The molecule has 2 aromatic carbocycles. The second kappa shape index (κ2) is 11.7. The molecule has 1 amide bonds. The van der Waals surface area contributed by atoms with Gasteiger partial charge in [-0.05, 0) is 39.0 Å². The number of carbonyl (C=O) groups is 1. The first kappa shape index (κ1) is 27.7. The fourth-order valence-electron chi connectivity index (χ4n) is 5.07. The number of amides is 1. The van der Waals surface area contributed by atoms with Gasteiger partial charge in [0.1, 0.15) is 21.8 Å². The molecule has 2 fully saturated rings. The molecule has 3 heterocycles. The number of aliphatic hydroxyl groups is 1. The Bertz CT molecular complexity index is 1300. The van der Waals surface area contributed by atoms with E-state index < -0.39 is 18.2 Å². The smallest absolute Gasteiger partial charge is 0.415 e. The predicted molar refractivity (Wildman–Crippen MR) is 154 cm³/mol. The molecule has 1 N–H and O–H groups in total. The van der Waals surface area contributed by atoms with Crippen LogP contribution in [0.5, 0.6) is 0 Å². The summed E-state index contributed by atoms with van der Waals surface area (Å²) in [6.45, 7) is 9.22. The third-order valence-electron chi connectivity index (χ3n) is 6.79. The van der Waals surface area contributed by atoms with Gasteiger partial charge in [0.2, 0.25) is 5.95 Å².